The van der Waals surface area contributed by atoms with Crippen molar-refractivity contribution < 1.29 is 9.53 Å². The molecule has 3 aromatic rings. The number of aryl methyl sites for hydroxylation is 1. The SMILES string of the molecule is CCOC(=O)CCc1c(C)nc2cc(-c3ccc(Br)cc3)[nH]n2c1=O. The van der Waals surface area contributed by atoms with Crippen molar-refractivity contribution >= 4 is 27.5 Å². The summed E-state index contributed by atoms with van der Waals surface area (Å²) < 4.78 is 7.33. The first kappa shape index (κ1) is 17.4. The van der Waals surface area contributed by atoms with Gasteiger partial charge >= 0.3 is 5.97 Å². The third-order valence-corrected chi connectivity index (χ3v) is 4.48. The molecule has 0 fully saturated rings. The fraction of sp³-hybridized carbons (Fsp3) is 0.278. The van der Waals surface area contributed by atoms with Crippen LogP contribution in [0.3, 0.4) is 0 Å². The van der Waals surface area contributed by atoms with Crippen LogP contribution in [0.4, 0.5) is 0 Å². The van der Waals surface area contributed by atoms with Gasteiger partial charge in [0.05, 0.1) is 12.3 Å². The number of hydrogen-bond donors (Lipinski definition) is 1. The van der Waals surface area contributed by atoms with E-state index >= 15 is 0 Å². The van der Waals surface area contributed by atoms with Gasteiger partial charge in [-0.3, -0.25) is 14.7 Å². The standard InChI is InChI=1S/C18H18BrN3O3/c1-3-25-17(23)9-8-14-11(2)20-16-10-15(21-22(16)18(14)24)12-4-6-13(19)7-5-12/h4-7,10,21H,3,8-9H2,1-2H3. The second kappa shape index (κ2) is 7.23. The van der Waals surface area contributed by atoms with Crippen LogP contribution < -0.4 is 5.56 Å². The molecule has 0 unspecified atom stereocenters. The number of nitrogens with one attached hydrogen (secondary N) is 1. The first-order valence-corrected chi connectivity index (χ1v) is 8.81. The van der Waals surface area contributed by atoms with Crippen LogP contribution in [-0.2, 0) is 16.0 Å². The molecule has 0 radical (unpaired) electrons. The van der Waals surface area contributed by atoms with E-state index in [1.807, 2.05) is 30.3 Å². The molecule has 0 saturated carbocycles. The Kier molecular flexibility index (Phi) is 5.03. The second-order valence-electron chi connectivity index (χ2n) is 5.66. The van der Waals surface area contributed by atoms with E-state index in [2.05, 4.69) is 26.0 Å². The largest absolute Gasteiger partial charge is 0.466 e. The van der Waals surface area contributed by atoms with Crippen molar-refractivity contribution in [3.05, 3.63) is 56.4 Å². The number of halogens is 1. The van der Waals surface area contributed by atoms with Gasteiger partial charge in [-0.25, -0.2) is 9.50 Å². The molecule has 3 rings (SSSR count). The predicted octanol–water partition coefficient (Wildman–Crippen LogP) is 3.26. The summed E-state index contributed by atoms with van der Waals surface area (Å²) in [5, 5.41) is 3.09. The zero-order valence-electron chi connectivity index (χ0n) is 14.0. The molecule has 2 aromatic heterocycles. The van der Waals surface area contributed by atoms with Crippen molar-refractivity contribution in [2.45, 2.75) is 26.7 Å². The Morgan fingerprint density at radius 2 is 2.04 bits per heavy atom. The minimum Gasteiger partial charge on any atom is -0.466 e. The number of esters is 1. The number of aromatic amines is 1. The average molecular weight is 404 g/mol. The van der Waals surface area contributed by atoms with Gasteiger partial charge in [0.25, 0.3) is 5.56 Å². The Labute approximate surface area is 153 Å². The zero-order valence-corrected chi connectivity index (χ0v) is 15.6. The molecular formula is C18H18BrN3O3. The third kappa shape index (κ3) is 3.66. The van der Waals surface area contributed by atoms with Crippen LogP contribution in [0.5, 0.6) is 0 Å². The molecule has 1 aromatic carbocycles. The van der Waals surface area contributed by atoms with E-state index in [0.717, 1.165) is 15.7 Å². The zero-order chi connectivity index (χ0) is 18.0. The molecule has 0 spiro atoms. The lowest BCUT2D eigenvalue weighted by atomic mass is 10.1. The highest BCUT2D eigenvalue weighted by Crippen LogP contribution is 2.21. The summed E-state index contributed by atoms with van der Waals surface area (Å²) >= 11 is 3.41. The molecule has 0 aliphatic carbocycles. The molecule has 0 aliphatic heterocycles. The van der Waals surface area contributed by atoms with Crippen molar-refractivity contribution in [1.29, 1.82) is 0 Å². The van der Waals surface area contributed by atoms with E-state index in [1.165, 1.54) is 4.52 Å². The van der Waals surface area contributed by atoms with Crippen LogP contribution in [0, 0.1) is 6.92 Å². The molecule has 0 bridgehead atoms. The number of ether oxygens (including phenoxy) is 1. The van der Waals surface area contributed by atoms with Crippen molar-refractivity contribution in [1.82, 2.24) is 14.6 Å². The van der Waals surface area contributed by atoms with Crippen LogP contribution in [-0.4, -0.2) is 27.2 Å². The highest BCUT2D eigenvalue weighted by Gasteiger charge is 2.14. The van der Waals surface area contributed by atoms with Crippen molar-refractivity contribution in [3.63, 3.8) is 0 Å². The highest BCUT2D eigenvalue weighted by molar-refractivity contribution is 9.10. The molecular weight excluding hydrogens is 386 g/mol. The number of H-pyrrole nitrogens is 1. The summed E-state index contributed by atoms with van der Waals surface area (Å²) in [7, 11) is 0. The summed E-state index contributed by atoms with van der Waals surface area (Å²) in [5.41, 5.74) is 3.29. The quantitative estimate of drug-likeness (QED) is 0.663. The first-order chi connectivity index (χ1) is 12.0. The predicted molar refractivity (Wildman–Crippen MR) is 98.6 cm³/mol. The van der Waals surface area contributed by atoms with Gasteiger partial charge in [0.1, 0.15) is 0 Å². The van der Waals surface area contributed by atoms with Gasteiger partial charge < -0.3 is 4.74 Å². The van der Waals surface area contributed by atoms with Gasteiger partial charge in [0.2, 0.25) is 0 Å². The number of aromatic nitrogens is 3. The lowest BCUT2D eigenvalue weighted by Gasteiger charge is -2.05. The van der Waals surface area contributed by atoms with E-state index in [-0.39, 0.29) is 17.9 Å². The number of rotatable bonds is 5. The molecule has 130 valence electrons. The maximum atomic E-state index is 12.8. The van der Waals surface area contributed by atoms with Gasteiger partial charge in [-0.1, -0.05) is 28.1 Å². The number of carbonyl (C=O) groups is 1. The summed E-state index contributed by atoms with van der Waals surface area (Å²) in [6.07, 6.45) is 0.476. The van der Waals surface area contributed by atoms with Gasteiger partial charge in [-0.2, -0.15) is 0 Å². The van der Waals surface area contributed by atoms with E-state index in [1.54, 1.807) is 13.8 Å². The average Bonchev–Trinajstić information content (AvgIpc) is 2.99. The van der Waals surface area contributed by atoms with Crippen molar-refractivity contribution in [2.75, 3.05) is 6.61 Å². The fourth-order valence-corrected chi connectivity index (χ4v) is 2.96. The Bertz CT molecular complexity index is 974. The minimum atomic E-state index is -0.312. The molecule has 25 heavy (non-hydrogen) atoms. The van der Waals surface area contributed by atoms with Crippen LogP contribution in [0.25, 0.3) is 16.9 Å². The van der Waals surface area contributed by atoms with E-state index in [4.69, 9.17) is 4.74 Å². The van der Waals surface area contributed by atoms with Gasteiger partial charge in [0.15, 0.2) is 5.65 Å². The summed E-state index contributed by atoms with van der Waals surface area (Å²) in [6.45, 7) is 3.88. The molecule has 0 saturated heterocycles. The van der Waals surface area contributed by atoms with E-state index in [0.29, 0.717) is 29.9 Å². The fourth-order valence-electron chi connectivity index (χ4n) is 2.70. The highest BCUT2D eigenvalue weighted by atomic mass is 79.9. The Morgan fingerprint density at radius 1 is 1.32 bits per heavy atom. The topological polar surface area (TPSA) is 76.5 Å². The van der Waals surface area contributed by atoms with Crippen LogP contribution in [0.1, 0.15) is 24.6 Å². The van der Waals surface area contributed by atoms with Crippen LogP contribution in [0.2, 0.25) is 0 Å². The maximum absolute atomic E-state index is 12.8. The lowest BCUT2D eigenvalue weighted by Crippen LogP contribution is -2.22. The second-order valence-corrected chi connectivity index (χ2v) is 6.57. The molecule has 0 amide bonds. The Morgan fingerprint density at radius 3 is 2.72 bits per heavy atom. The Hall–Kier alpha value is -2.41. The number of hydrogen-bond acceptors (Lipinski definition) is 4. The number of nitrogens with zero attached hydrogens (tertiary/aromatic N) is 2. The van der Waals surface area contributed by atoms with E-state index < -0.39 is 0 Å². The Balaban J connectivity index is 1.97. The summed E-state index contributed by atoms with van der Waals surface area (Å²) in [5.74, 6) is -0.312. The van der Waals surface area contributed by atoms with Gasteiger partial charge in [-0.15, -0.1) is 0 Å². The molecule has 7 heteroatoms. The normalized spacial score (nSPS) is 11.0. The molecule has 1 N–H and O–H groups in total. The third-order valence-electron chi connectivity index (χ3n) is 3.95. The van der Waals surface area contributed by atoms with Crippen LogP contribution in [0.15, 0.2) is 39.6 Å². The summed E-state index contributed by atoms with van der Waals surface area (Å²) in [4.78, 5) is 28.8. The summed E-state index contributed by atoms with van der Waals surface area (Å²) in [6, 6.07) is 9.62. The monoisotopic (exact) mass is 403 g/mol. The maximum Gasteiger partial charge on any atom is 0.306 e. The van der Waals surface area contributed by atoms with Gasteiger partial charge in [0, 0.05) is 28.2 Å². The van der Waals surface area contributed by atoms with Crippen molar-refractivity contribution in [2.24, 2.45) is 0 Å². The molecule has 0 aliphatic rings. The number of fused-ring (bicyclic) bond motifs is 1. The van der Waals surface area contributed by atoms with Gasteiger partial charge in [-0.05, 0) is 38.0 Å². The smallest absolute Gasteiger partial charge is 0.306 e. The van der Waals surface area contributed by atoms with Crippen molar-refractivity contribution in [3.8, 4) is 11.3 Å². The number of benzene rings is 1. The lowest BCUT2D eigenvalue weighted by molar-refractivity contribution is -0.143. The van der Waals surface area contributed by atoms with Crippen LogP contribution >= 0.6 is 15.9 Å². The molecule has 0 atom stereocenters. The first-order valence-electron chi connectivity index (χ1n) is 8.02. The molecule has 2 heterocycles. The minimum absolute atomic E-state index is 0.165. The number of carbonyl (C=O) groups excluding carboxylic acids is 1. The molecule has 6 nitrogen and oxygen atoms in total. The van der Waals surface area contributed by atoms with E-state index in [9.17, 15) is 9.59 Å².